The van der Waals surface area contributed by atoms with Crippen LogP contribution in [0, 0.1) is 0 Å². The van der Waals surface area contributed by atoms with Gasteiger partial charge in [0.05, 0.1) is 0 Å². The Morgan fingerprint density at radius 3 is 2.60 bits per heavy atom. The molecule has 1 amide bonds. The third-order valence-electron chi connectivity index (χ3n) is 4.20. The summed E-state index contributed by atoms with van der Waals surface area (Å²) in [4.78, 5) is 14.7. The van der Waals surface area contributed by atoms with Crippen molar-refractivity contribution in [2.45, 2.75) is 18.9 Å². The fraction of sp³-hybridized carbons (Fsp3) is 0.353. The van der Waals surface area contributed by atoms with Crippen molar-refractivity contribution in [1.82, 2.24) is 10.2 Å². The largest absolute Gasteiger partial charge is 0.339 e. The van der Waals surface area contributed by atoms with Gasteiger partial charge in [0.1, 0.15) is 0 Å². The molecule has 1 fully saturated rings. The topological polar surface area (TPSA) is 32.3 Å². The average Bonchev–Trinajstić information content (AvgIpc) is 2.54. The van der Waals surface area contributed by atoms with Gasteiger partial charge < -0.3 is 10.2 Å². The maximum atomic E-state index is 12.8. The van der Waals surface area contributed by atoms with E-state index in [1.807, 2.05) is 42.3 Å². The highest BCUT2D eigenvalue weighted by Gasteiger charge is 2.23. The second kappa shape index (κ2) is 5.63. The van der Waals surface area contributed by atoms with E-state index in [2.05, 4.69) is 17.4 Å². The van der Waals surface area contributed by atoms with Crippen LogP contribution in [0.15, 0.2) is 42.5 Å². The minimum atomic E-state index is 0.133. The number of rotatable bonds is 2. The van der Waals surface area contributed by atoms with Crippen molar-refractivity contribution >= 4 is 16.7 Å². The first-order valence-corrected chi connectivity index (χ1v) is 7.23. The Hall–Kier alpha value is -1.87. The third kappa shape index (κ3) is 2.41. The molecule has 104 valence electrons. The molecule has 2 aromatic rings. The van der Waals surface area contributed by atoms with Crippen molar-refractivity contribution in [1.29, 1.82) is 0 Å². The third-order valence-corrected chi connectivity index (χ3v) is 4.20. The van der Waals surface area contributed by atoms with E-state index in [9.17, 15) is 4.79 Å². The molecule has 1 saturated heterocycles. The molecule has 1 aliphatic heterocycles. The van der Waals surface area contributed by atoms with Gasteiger partial charge >= 0.3 is 0 Å². The van der Waals surface area contributed by atoms with Crippen LogP contribution in [0.25, 0.3) is 10.8 Å². The lowest BCUT2D eigenvalue weighted by Crippen LogP contribution is -2.44. The van der Waals surface area contributed by atoms with E-state index >= 15 is 0 Å². The summed E-state index contributed by atoms with van der Waals surface area (Å²) < 4.78 is 0. The molecular weight excluding hydrogens is 248 g/mol. The number of hydrogen-bond acceptors (Lipinski definition) is 2. The van der Waals surface area contributed by atoms with Crippen LogP contribution in [0.5, 0.6) is 0 Å². The van der Waals surface area contributed by atoms with Gasteiger partial charge in [-0.3, -0.25) is 4.79 Å². The smallest absolute Gasteiger partial charge is 0.254 e. The first-order chi connectivity index (χ1) is 9.77. The Kier molecular flexibility index (Phi) is 3.70. The molecule has 0 aromatic heterocycles. The minimum absolute atomic E-state index is 0.133. The number of carbonyl (C=O) groups is 1. The first kappa shape index (κ1) is 13.1. The van der Waals surface area contributed by atoms with Crippen molar-refractivity contribution < 1.29 is 4.79 Å². The number of benzene rings is 2. The fourth-order valence-corrected chi connectivity index (χ4v) is 2.96. The summed E-state index contributed by atoms with van der Waals surface area (Å²) in [5.41, 5.74) is 0.809. The molecule has 0 spiro atoms. The van der Waals surface area contributed by atoms with Crippen LogP contribution in [0.1, 0.15) is 23.2 Å². The number of fused-ring (bicyclic) bond motifs is 1. The van der Waals surface area contributed by atoms with Gasteiger partial charge in [-0.15, -0.1) is 0 Å². The second-order valence-corrected chi connectivity index (χ2v) is 5.42. The van der Waals surface area contributed by atoms with Gasteiger partial charge in [0.2, 0.25) is 0 Å². The SMILES string of the molecule is CN(C(=O)c1cccc2ccccc12)C1CCNCC1. The zero-order chi connectivity index (χ0) is 13.9. The van der Waals surface area contributed by atoms with Crippen LogP contribution < -0.4 is 5.32 Å². The van der Waals surface area contributed by atoms with Gasteiger partial charge in [-0.25, -0.2) is 0 Å². The molecule has 3 rings (SSSR count). The lowest BCUT2D eigenvalue weighted by atomic mass is 10.0. The maximum absolute atomic E-state index is 12.8. The van der Waals surface area contributed by atoms with Gasteiger partial charge in [-0.05, 0) is 42.8 Å². The number of piperidine rings is 1. The van der Waals surface area contributed by atoms with Gasteiger partial charge in [0, 0.05) is 18.7 Å². The summed E-state index contributed by atoms with van der Waals surface area (Å²) in [5.74, 6) is 0.133. The Labute approximate surface area is 119 Å². The molecule has 2 aromatic carbocycles. The number of amides is 1. The molecule has 1 N–H and O–H groups in total. The lowest BCUT2D eigenvalue weighted by molar-refractivity contribution is 0.0705. The van der Waals surface area contributed by atoms with Crippen LogP contribution in [-0.2, 0) is 0 Å². The van der Waals surface area contributed by atoms with E-state index in [0.717, 1.165) is 42.3 Å². The molecule has 0 radical (unpaired) electrons. The van der Waals surface area contributed by atoms with Crippen molar-refractivity contribution in [2.24, 2.45) is 0 Å². The first-order valence-electron chi connectivity index (χ1n) is 7.23. The quantitative estimate of drug-likeness (QED) is 0.908. The zero-order valence-electron chi connectivity index (χ0n) is 11.8. The zero-order valence-corrected chi connectivity index (χ0v) is 11.8. The summed E-state index contributed by atoms with van der Waals surface area (Å²) in [6.45, 7) is 2.00. The monoisotopic (exact) mass is 268 g/mol. The van der Waals surface area contributed by atoms with E-state index in [1.54, 1.807) is 0 Å². The highest BCUT2D eigenvalue weighted by atomic mass is 16.2. The minimum Gasteiger partial charge on any atom is -0.339 e. The van der Waals surface area contributed by atoms with Gasteiger partial charge in [0.15, 0.2) is 0 Å². The molecule has 3 nitrogen and oxygen atoms in total. The molecule has 0 saturated carbocycles. The summed E-state index contributed by atoms with van der Waals surface area (Å²) in [6.07, 6.45) is 2.07. The highest BCUT2D eigenvalue weighted by molar-refractivity contribution is 6.07. The summed E-state index contributed by atoms with van der Waals surface area (Å²) in [6, 6.07) is 14.4. The number of nitrogens with zero attached hydrogens (tertiary/aromatic N) is 1. The van der Waals surface area contributed by atoms with E-state index in [0.29, 0.717) is 6.04 Å². The molecule has 3 heteroatoms. The Morgan fingerprint density at radius 1 is 1.10 bits per heavy atom. The lowest BCUT2D eigenvalue weighted by Gasteiger charge is -2.32. The average molecular weight is 268 g/mol. The predicted octanol–water partition coefficient (Wildman–Crippen LogP) is 2.66. The fourth-order valence-electron chi connectivity index (χ4n) is 2.96. The summed E-state index contributed by atoms with van der Waals surface area (Å²) in [7, 11) is 1.93. The normalized spacial score (nSPS) is 16.2. The van der Waals surface area contributed by atoms with Crippen LogP contribution in [0.2, 0.25) is 0 Å². The molecule has 0 aliphatic carbocycles. The molecular formula is C17H20N2O. The molecule has 1 heterocycles. The van der Waals surface area contributed by atoms with E-state index in [-0.39, 0.29) is 5.91 Å². The highest BCUT2D eigenvalue weighted by Crippen LogP contribution is 2.21. The van der Waals surface area contributed by atoms with Crippen molar-refractivity contribution in [3.63, 3.8) is 0 Å². The molecule has 0 unspecified atom stereocenters. The van der Waals surface area contributed by atoms with Crippen molar-refractivity contribution in [3.8, 4) is 0 Å². The number of carbonyl (C=O) groups excluding carboxylic acids is 1. The van der Waals surface area contributed by atoms with Crippen molar-refractivity contribution in [2.75, 3.05) is 20.1 Å². The Bertz CT molecular complexity index is 612. The standard InChI is InChI=1S/C17H20N2O/c1-19(14-9-11-18-12-10-14)17(20)16-8-4-6-13-5-2-3-7-15(13)16/h2-8,14,18H,9-12H2,1H3. The van der Waals surface area contributed by atoms with Gasteiger partial charge in [0.25, 0.3) is 5.91 Å². The molecule has 0 atom stereocenters. The maximum Gasteiger partial charge on any atom is 0.254 e. The van der Waals surface area contributed by atoms with Gasteiger partial charge in [-0.1, -0.05) is 36.4 Å². The Balaban J connectivity index is 1.92. The number of nitrogens with one attached hydrogen (secondary N) is 1. The van der Waals surface area contributed by atoms with Crippen LogP contribution in [-0.4, -0.2) is 37.0 Å². The van der Waals surface area contributed by atoms with Crippen molar-refractivity contribution in [3.05, 3.63) is 48.0 Å². The predicted molar refractivity (Wildman–Crippen MR) is 81.9 cm³/mol. The molecule has 20 heavy (non-hydrogen) atoms. The van der Waals surface area contributed by atoms with Crippen LogP contribution >= 0.6 is 0 Å². The summed E-state index contributed by atoms with van der Waals surface area (Å²) >= 11 is 0. The molecule has 1 aliphatic rings. The van der Waals surface area contributed by atoms with E-state index in [1.165, 1.54) is 0 Å². The second-order valence-electron chi connectivity index (χ2n) is 5.42. The number of hydrogen-bond donors (Lipinski definition) is 1. The van der Waals surface area contributed by atoms with E-state index in [4.69, 9.17) is 0 Å². The van der Waals surface area contributed by atoms with Gasteiger partial charge in [-0.2, -0.15) is 0 Å². The Morgan fingerprint density at radius 2 is 1.80 bits per heavy atom. The van der Waals surface area contributed by atoms with Crippen LogP contribution in [0.3, 0.4) is 0 Å². The molecule has 0 bridgehead atoms. The van der Waals surface area contributed by atoms with Crippen LogP contribution in [0.4, 0.5) is 0 Å². The summed E-state index contributed by atoms with van der Waals surface area (Å²) in [5, 5.41) is 5.50. The van der Waals surface area contributed by atoms with E-state index < -0.39 is 0 Å².